The lowest BCUT2D eigenvalue weighted by Crippen LogP contribution is -2.50. The number of carbonyl (C=O) groups is 1. The van der Waals surface area contributed by atoms with Gasteiger partial charge >= 0.3 is 0 Å². The summed E-state index contributed by atoms with van der Waals surface area (Å²) in [6.45, 7) is 3.51. The predicted molar refractivity (Wildman–Crippen MR) is 140 cm³/mol. The van der Waals surface area contributed by atoms with Crippen LogP contribution in [0.15, 0.2) is 29.8 Å². The Morgan fingerprint density at radius 1 is 0.973 bits per heavy atom. The van der Waals surface area contributed by atoms with Gasteiger partial charge in [0.05, 0.1) is 27.0 Å². The zero-order chi connectivity index (χ0) is 25.8. The molecule has 3 aromatic rings. The average Bonchev–Trinajstić information content (AvgIpc) is 3.65. The highest BCUT2D eigenvalue weighted by Gasteiger charge is 2.31. The lowest BCUT2D eigenvalue weighted by Gasteiger charge is -2.41. The third kappa shape index (κ3) is 5.52. The molecule has 37 heavy (non-hydrogen) atoms. The zero-order valence-electron chi connectivity index (χ0n) is 21.4. The van der Waals surface area contributed by atoms with E-state index in [0.29, 0.717) is 34.7 Å². The Kier molecular flexibility index (Phi) is 7.80. The Balaban J connectivity index is 1.16. The summed E-state index contributed by atoms with van der Waals surface area (Å²) in [6.07, 6.45) is 5.98. The molecule has 0 unspecified atom stereocenters. The lowest BCUT2D eigenvalue weighted by molar-refractivity contribution is 0.0422. The highest BCUT2D eigenvalue weighted by Crippen LogP contribution is 2.41. The topological polar surface area (TPSA) is 102 Å². The molecular weight excluding hydrogens is 494 g/mol. The number of methoxy groups -OCH3 is 3. The van der Waals surface area contributed by atoms with Crippen molar-refractivity contribution >= 4 is 17.2 Å². The monoisotopic (exact) mass is 527 g/mol. The number of thiazole rings is 1. The molecule has 1 N–H and O–H groups in total. The minimum atomic E-state index is -0.0276. The molecule has 4 heterocycles. The Morgan fingerprint density at radius 3 is 2.27 bits per heavy atom. The van der Waals surface area contributed by atoms with Crippen molar-refractivity contribution < 1.29 is 23.7 Å². The molecule has 5 rings (SSSR count). The standard InChI is InChI=1S/C26H33N5O5S/c1-33-22-14-17(15-23(34-2)24(22)35-3)20-16-21(29-28-20)25(32)31-9-4-18(5-10-31)30-11-6-19(7-12-30)36-26-27-8-13-37-26/h8,13-16,18-19H,4-7,9-12H2,1-3H3,(H,28,29). The number of H-pyrrole nitrogens is 1. The van der Waals surface area contributed by atoms with E-state index >= 15 is 0 Å². The molecule has 2 aromatic heterocycles. The third-order valence-corrected chi connectivity index (χ3v) is 7.85. The summed E-state index contributed by atoms with van der Waals surface area (Å²) >= 11 is 1.54. The van der Waals surface area contributed by atoms with Gasteiger partial charge in [0.2, 0.25) is 5.75 Å². The number of nitrogens with one attached hydrogen (secondary N) is 1. The summed E-state index contributed by atoms with van der Waals surface area (Å²) in [4.78, 5) is 21.9. The summed E-state index contributed by atoms with van der Waals surface area (Å²) in [7, 11) is 4.71. The number of ether oxygens (including phenoxy) is 4. The number of aromatic nitrogens is 3. The molecule has 1 amide bonds. The van der Waals surface area contributed by atoms with E-state index in [9.17, 15) is 4.79 Å². The molecule has 1 aromatic carbocycles. The van der Waals surface area contributed by atoms with Gasteiger partial charge in [0.1, 0.15) is 11.8 Å². The number of hydrogen-bond donors (Lipinski definition) is 1. The van der Waals surface area contributed by atoms with Crippen molar-refractivity contribution in [2.45, 2.75) is 37.8 Å². The Morgan fingerprint density at radius 2 is 1.68 bits per heavy atom. The first-order valence-corrected chi connectivity index (χ1v) is 13.4. The second-order valence-corrected chi connectivity index (χ2v) is 10.1. The maximum Gasteiger partial charge on any atom is 0.273 e. The number of rotatable bonds is 8. The predicted octanol–water partition coefficient (Wildman–Crippen LogP) is 3.71. The molecule has 0 radical (unpaired) electrons. The van der Waals surface area contributed by atoms with Crippen LogP contribution in [0.2, 0.25) is 0 Å². The highest BCUT2D eigenvalue weighted by atomic mass is 32.1. The van der Waals surface area contributed by atoms with Crippen LogP contribution in [-0.2, 0) is 0 Å². The van der Waals surface area contributed by atoms with Gasteiger partial charge in [0, 0.05) is 49.4 Å². The van der Waals surface area contributed by atoms with Crippen LogP contribution in [0.5, 0.6) is 22.4 Å². The molecule has 0 aliphatic carbocycles. The van der Waals surface area contributed by atoms with Gasteiger partial charge in [-0.05, 0) is 43.9 Å². The van der Waals surface area contributed by atoms with Gasteiger partial charge in [0.25, 0.3) is 11.1 Å². The van der Waals surface area contributed by atoms with E-state index in [1.165, 1.54) is 0 Å². The van der Waals surface area contributed by atoms with Crippen LogP contribution in [0, 0.1) is 0 Å². The summed E-state index contributed by atoms with van der Waals surface area (Å²) in [5.74, 6) is 1.56. The number of likely N-dealkylation sites (tertiary alicyclic amines) is 2. The summed E-state index contributed by atoms with van der Waals surface area (Å²) in [5.41, 5.74) is 1.88. The average molecular weight is 528 g/mol. The second kappa shape index (κ2) is 11.4. The Hall–Kier alpha value is -3.31. The number of aromatic amines is 1. The van der Waals surface area contributed by atoms with Gasteiger partial charge in [-0.3, -0.25) is 14.8 Å². The van der Waals surface area contributed by atoms with E-state index in [-0.39, 0.29) is 12.0 Å². The van der Waals surface area contributed by atoms with Gasteiger partial charge < -0.3 is 23.8 Å². The molecule has 2 aliphatic rings. The van der Waals surface area contributed by atoms with E-state index in [1.54, 1.807) is 44.9 Å². The van der Waals surface area contributed by atoms with Crippen molar-refractivity contribution in [1.29, 1.82) is 0 Å². The quantitative estimate of drug-likeness (QED) is 0.473. The van der Waals surface area contributed by atoms with Crippen molar-refractivity contribution in [2.75, 3.05) is 47.5 Å². The molecule has 2 fully saturated rings. The van der Waals surface area contributed by atoms with Crippen molar-refractivity contribution in [3.63, 3.8) is 0 Å². The number of nitrogens with zero attached hydrogens (tertiary/aromatic N) is 4. The van der Waals surface area contributed by atoms with Gasteiger partial charge in [-0.1, -0.05) is 11.3 Å². The zero-order valence-corrected chi connectivity index (χ0v) is 22.3. The smallest absolute Gasteiger partial charge is 0.273 e. The van der Waals surface area contributed by atoms with Crippen LogP contribution in [0.4, 0.5) is 0 Å². The minimum absolute atomic E-state index is 0.0276. The fourth-order valence-electron chi connectivity index (χ4n) is 5.18. The van der Waals surface area contributed by atoms with Crippen LogP contribution in [0.1, 0.15) is 36.2 Å². The van der Waals surface area contributed by atoms with Crippen LogP contribution in [0.3, 0.4) is 0 Å². The molecule has 0 spiro atoms. The minimum Gasteiger partial charge on any atom is -0.493 e. The van der Waals surface area contributed by atoms with Gasteiger partial charge in [0.15, 0.2) is 11.5 Å². The number of hydrogen-bond acceptors (Lipinski definition) is 9. The maximum absolute atomic E-state index is 13.2. The molecule has 0 atom stereocenters. The molecule has 11 heteroatoms. The SMILES string of the molecule is COc1cc(-c2cc(C(=O)N3CCC(N4CCC(Oc5nccs5)CC4)CC3)[nH]n2)cc(OC)c1OC. The van der Waals surface area contributed by atoms with Gasteiger partial charge in [-0.15, -0.1) is 0 Å². The van der Waals surface area contributed by atoms with Crippen LogP contribution >= 0.6 is 11.3 Å². The van der Waals surface area contributed by atoms with Crippen LogP contribution < -0.4 is 18.9 Å². The maximum atomic E-state index is 13.2. The summed E-state index contributed by atoms with van der Waals surface area (Å²) in [6, 6.07) is 5.93. The first-order chi connectivity index (χ1) is 18.1. The van der Waals surface area contributed by atoms with Crippen LogP contribution in [-0.4, -0.2) is 90.5 Å². The molecule has 2 aliphatic heterocycles. The fourth-order valence-corrected chi connectivity index (χ4v) is 5.73. The van der Waals surface area contributed by atoms with Crippen molar-refractivity contribution in [1.82, 2.24) is 25.0 Å². The fraction of sp³-hybridized carbons (Fsp3) is 0.500. The molecular formula is C26H33N5O5S. The summed E-state index contributed by atoms with van der Waals surface area (Å²) < 4.78 is 22.3. The molecule has 0 saturated carbocycles. The number of benzene rings is 1. The van der Waals surface area contributed by atoms with E-state index in [4.69, 9.17) is 18.9 Å². The molecule has 198 valence electrons. The first-order valence-electron chi connectivity index (χ1n) is 12.5. The van der Waals surface area contributed by atoms with Gasteiger partial charge in [-0.25, -0.2) is 4.98 Å². The number of carbonyl (C=O) groups excluding carboxylic acids is 1. The molecule has 2 saturated heterocycles. The first kappa shape index (κ1) is 25.3. The van der Waals surface area contributed by atoms with E-state index in [1.807, 2.05) is 22.4 Å². The van der Waals surface area contributed by atoms with Crippen molar-refractivity contribution in [3.05, 3.63) is 35.5 Å². The molecule has 0 bridgehead atoms. The highest BCUT2D eigenvalue weighted by molar-refractivity contribution is 7.11. The van der Waals surface area contributed by atoms with Crippen LogP contribution in [0.25, 0.3) is 11.3 Å². The largest absolute Gasteiger partial charge is 0.493 e. The normalized spacial score (nSPS) is 17.5. The van der Waals surface area contributed by atoms with Crippen molar-refractivity contribution in [3.8, 4) is 33.7 Å². The Bertz CT molecular complexity index is 1160. The Labute approximate surface area is 220 Å². The van der Waals surface area contributed by atoms with E-state index in [0.717, 1.165) is 62.6 Å². The van der Waals surface area contributed by atoms with Crippen molar-refractivity contribution in [2.24, 2.45) is 0 Å². The van der Waals surface area contributed by atoms with E-state index < -0.39 is 0 Å². The van der Waals surface area contributed by atoms with Gasteiger partial charge in [-0.2, -0.15) is 5.10 Å². The third-order valence-electron chi connectivity index (χ3n) is 7.19. The second-order valence-electron chi connectivity index (χ2n) is 9.26. The summed E-state index contributed by atoms with van der Waals surface area (Å²) in [5, 5.41) is 10.0. The molecule has 10 nitrogen and oxygen atoms in total. The number of piperidine rings is 2. The van der Waals surface area contributed by atoms with E-state index in [2.05, 4.69) is 20.1 Å². The lowest BCUT2D eigenvalue weighted by atomic mass is 9.98. The number of amides is 1.